The second-order valence-electron chi connectivity index (χ2n) is 4.57. The molecule has 2 aromatic rings. The molecule has 0 aliphatic rings. The molecule has 0 saturated carbocycles. The van der Waals surface area contributed by atoms with Crippen molar-refractivity contribution in [3.63, 3.8) is 0 Å². The second-order valence-corrected chi connectivity index (χ2v) is 5.72. The van der Waals surface area contributed by atoms with Crippen LogP contribution in [0.4, 0.5) is 4.39 Å². The normalized spacial score (nSPS) is 11.9. The summed E-state index contributed by atoms with van der Waals surface area (Å²) in [5, 5.41) is -0.442. The summed E-state index contributed by atoms with van der Waals surface area (Å²) in [6, 6.07) is 16.0. The zero-order valence-corrected chi connectivity index (χ0v) is 12.2. The van der Waals surface area contributed by atoms with Crippen molar-refractivity contribution in [3.05, 3.63) is 66.0 Å². The zero-order valence-electron chi connectivity index (χ0n) is 11.4. The van der Waals surface area contributed by atoms with E-state index in [0.717, 1.165) is 5.56 Å². The van der Waals surface area contributed by atoms with Crippen LogP contribution >= 0.6 is 11.8 Å². The van der Waals surface area contributed by atoms with E-state index in [-0.39, 0.29) is 11.7 Å². The van der Waals surface area contributed by atoms with Crippen LogP contribution in [-0.4, -0.2) is 24.9 Å². The Morgan fingerprint density at radius 1 is 1.05 bits per heavy atom. The molecule has 1 amide bonds. The van der Waals surface area contributed by atoms with Crippen molar-refractivity contribution in [3.8, 4) is 0 Å². The smallest absolute Gasteiger partial charge is 0.240 e. The second kappa shape index (κ2) is 6.57. The maximum Gasteiger partial charge on any atom is 0.240 e. The van der Waals surface area contributed by atoms with Gasteiger partial charge in [0.25, 0.3) is 0 Å². The fourth-order valence-corrected chi connectivity index (χ4v) is 2.99. The van der Waals surface area contributed by atoms with E-state index < -0.39 is 5.25 Å². The molecule has 0 N–H and O–H groups in total. The van der Waals surface area contributed by atoms with Gasteiger partial charge in [-0.15, -0.1) is 11.8 Å². The Morgan fingerprint density at radius 3 is 2.25 bits per heavy atom. The molecule has 2 rings (SSSR count). The molecule has 0 bridgehead atoms. The monoisotopic (exact) mass is 289 g/mol. The highest BCUT2D eigenvalue weighted by molar-refractivity contribution is 8.00. The molecule has 0 heterocycles. The van der Waals surface area contributed by atoms with Crippen molar-refractivity contribution in [2.75, 3.05) is 14.1 Å². The van der Waals surface area contributed by atoms with Crippen LogP contribution in [0.25, 0.3) is 0 Å². The van der Waals surface area contributed by atoms with Gasteiger partial charge >= 0.3 is 0 Å². The number of halogens is 1. The first-order valence-electron chi connectivity index (χ1n) is 6.27. The van der Waals surface area contributed by atoms with Crippen LogP contribution in [0.15, 0.2) is 59.5 Å². The van der Waals surface area contributed by atoms with Gasteiger partial charge in [-0.1, -0.05) is 42.5 Å². The van der Waals surface area contributed by atoms with E-state index in [1.807, 2.05) is 30.3 Å². The molecule has 2 aromatic carbocycles. The van der Waals surface area contributed by atoms with E-state index in [1.165, 1.54) is 22.7 Å². The number of carbonyl (C=O) groups excluding carboxylic acids is 1. The van der Waals surface area contributed by atoms with Crippen molar-refractivity contribution in [2.24, 2.45) is 0 Å². The Hall–Kier alpha value is -1.81. The molecule has 0 fully saturated rings. The van der Waals surface area contributed by atoms with Crippen LogP contribution < -0.4 is 0 Å². The summed E-state index contributed by atoms with van der Waals surface area (Å²) < 4.78 is 13.8. The maximum absolute atomic E-state index is 13.8. The minimum Gasteiger partial charge on any atom is -0.348 e. The molecule has 0 saturated heterocycles. The average molecular weight is 289 g/mol. The molecule has 4 heteroatoms. The first-order chi connectivity index (χ1) is 9.59. The maximum atomic E-state index is 13.8. The van der Waals surface area contributed by atoms with E-state index in [1.54, 1.807) is 32.3 Å². The number of carbonyl (C=O) groups is 1. The van der Waals surface area contributed by atoms with Crippen LogP contribution in [0, 0.1) is 5.82 Å². The SMILES string of the molecule is CN(C)C(=O)C(Sc1ccccc1F)c1ccccc1. The number of amides is 1. The van der Waals surface area contributed by atoms with Gasteiger partial charge in [0.1, 0.15) is 11.1 Å². The Balaban J connectivity index is 2.33. The molecule has 104 valence electrons. The first-order valence-corrected chi connectivity index (χ1v) is 7.15. The molecular formula is C16H16FNOS. The third-order valence-electron chi connectivity index (χ3n) is 2.85. The Bertz CT molecular complexity index is 586. The molecule has 2 nitrogen and oxygen atoms in total. The molecule has 1 atom stereocenters. The lowest BCUT2D eigenvalue weighted by Gasteiger charge is -2.20. The average Bonchev–Trinajstić information content (AvgIpc) is 2.46. The fourth-order valence-electron chi connectivity index (χ4n) is 1.79. The Kier molecular flexibility index (Phi) is 4.79. The van der Waals surface area contributed by atoms with Gasteiger partial charge in [0.15, 0.2) is 0 Å². The van der Waals surface area contributed by atoms with E-state index in [2.05, 4.69) is 0 Å². The summed E-state index contributed by atoms with van der Waals surface area (Å²) in [4.78, 5) is 14.4. The predicted molar refractivity (Wildman–Crippen MR) is 80.1 cm³/mol. The lowest BCUT2D eigenvalue weighted by molar-refractivity contribution is -0.128. The Labute approximate surface area is 122 Å². The minimum atomic E-state index is -0.442. The van der Waals surface area contributed by atoms with Gasteiger partial charge in [0, 0.05) is 19.0 Å². The summed E-state index contributed by atoms with van der Waals surface area (Å²) in [5.41, 5.74) is 0.874. The van der Waals surface area contributed by atoms with E-state index >= 15 is 0 Å². The number of likely N-dealkylation sites (N-methyl/N-ethyl adjacent to an activating group) is 1. The van der Waals surface area contributed by atoms with E-state index in [9.17, 15) is 9.18 Å². The highest BCUT2D eigenvalue weighted by atomic mass is 32.2. The highest BCUT2D eigenvalue weighted by Gasteiger charge is 2.24. The number of rotatable bonds is 4. The number of hydrogen-bond donors (Lipinski definition) is 0. The highest BCUT2D eigenvalue weighted by Crippen LogP contribution is 2.37. The van der Waals surface area contributed by atoms with Crippen molar-refractivity contribution >= 4 is 17.7 Å². The molecule has 0 aliphatic heterocycles. The summed E-state index contributed by atoms with van der Waals surface area (Å²) in [6.45, 7) is 0. The quantitative estimate of drug-likeness (QED) is 0.799. The van der Waals surface area contributed by atoms with Crippen molar-refractivity contribution in [1.29, 1.82) is 0 Å². The summed E-state index contributed by atoms with van der Waals surface area (Å²) in [5.74, 6) is -0.352. The molecular weight excluding hydrogens is 273 g/mol. The molecule has 0 spiro atoms. The van der Waals surface area contributed by atoms with Gasteiger partial charge in [0.05, 0.1) is 0 Å². The van der Waals surface area contributed by atoms with Gasteiger partial charge in [0.2, 0.25) is 5.91 Å². The van der Waals surface area contributed by atoms with E-state index in [0.29, 0.717) is 4.90 Å². The van der Waals surface area contributed by atoms with Gasteiger partial charge in [-0.05, 0) is 17.7 Å². The number of thioether (sulfide) groups is 1. The molecule has 0 radical (unpaired) electrons. The number of nitrogens with zero attached hydrogens (tertiary/aromatic N) is 1. The van der Waals surface area contributed by atoms with Crippen LogP contribution in [0.5, 0.6) is 0 Å². The largest absolute Gasteiger partial charge is 0.348 e. The first kappa shape index (κ1) is 14.6. The molecule has 20 heavy (non-hydrogen) atoms. The summed E-state index contributed by atoms with van der Waals surface area (Å²) in [7, 11) is 3.42. The number of hydrogen-bond acceptors (Lipinski definition) is 2. The topological polar surface area (TPSA) is 20.3 Å². The third-order valence-corrected chi connectivity index (χ3v) is 4.14. The summed E-state index contributed by atoms with van der Waals surface area (Å²) >= 11 is 1.24. The molecule has 1 unspecified atom stereocenters. The predicted octanol–water partition coefficient (Wildman–Crippen LogP) is 3.75. The van der Waals surface area contributed by atoms with Crippen LogP contribution in [0.2, 0.25) is 0 Å². The lowest BCUT2D eigenvalue weighted by Crippen LogP contribution is -2.26. The van der Waals surface area contributed by atoms with Crippen LogP contribution in [-0.2, 0) is 4.79 Å². The van der Waals surface area contributed by atoms with E-state index in [4.69, 9.17) is 0 Å². The van der Waals surface area contributed by atoms with Crippen LogP contribution in [0.3, 0.4) is 0 Å². The summed E-state index contributed by atoms with van der Waals surface area (Å²) in [6.07, 6.45) is 0. The lowest BCUT2D eigenvalue weighted by atomic mass is 10.1. The third kappa shape index (κ3) is 3.39. The molecule has 0 aliphatic carbocycles. The standard InChI is InChI=1S/C16H16FNOS/c1-18(2)16(19)15(12-8-4-3-5-9-12)20-14-11-7-6-10-13(14)17/h3-11,15H,1-2H3. The number of benzene rings is 2. The van der Waals surface area contributed by atoms with Gasteiger partial charge in [-0.2, -0.15) is 0 Å². The Morgan fingerprint density at radius 2 is 1.65 bits per heavy atom. The minimum absolute atomic E-state index is 0.0514. The zero-order chi connectivity index (χ0) is 14.5. The van der Waals surface area contributed by atoms with Gasteiger partial charge in [-0.25, -0.2) is 4.39 Å². The van der Waals surface area contributed by atoms with Crippen LogP contribution in [0.1, 0.15) is 10.8 Å². The van der Waals surface area contributed by atoms with Gasteiger partial charge < -0.3 is 4.90 Å². The van der Waals surface area contributed by atoms with Crippen molar-refractivity contribution in [2.45, 2.75) is 10.1 Å². The fraction of sp³-hybridized carbons (Fsp3) is 0.188. The molecule has 0 aromatic heterocycles. The van der Waals surface area contributed by atoms with Crippen molar-refractivity contribution in [1.82, 2.24) is 4.90 Å². The van der Waals surface area contributed by atoms with Gasteiger partial charge in [-0.3, -0.25) is 4.79 Å². The van der Waals surface area contributed by atoms with Crippen molar-refractivity contribution < 1.29 is 9.18 Å².